The van der Waals surface area contributed by atoms with Crippen LogP contribution < -0.4 is 5.32 Å². The lowest BCUT2D eigenvalue weighted by atomic mass is 10.1. The van der Waals surface area contributed by atoms with E-state index in [0.29, 0.717) is 22.1 Å². The number of ether oxygens (including phenoxy) is 1. The van der Waals surface area contributed by atoms with Crippen LogP contribution in [-0.2, 0) is 4.74 Å². The molecule has 1 aliphatic rings. The van der Waals surface area contributed by atoms with Gasteiger partial charge in [0.15, 0.2) is 0 Å². The number of benzene rings is 1. The van der Waals surface area contributed by atoms with Gasteiger partial charge in [0.1, 0.15) is 4.88 Å². The standard InChI is InChI=1S/C17H17ClN2O3S/c1-23-16(21)15-13(8-10-24-15)19-17(22)20-9-2-3-14(20)11-4-6-12(18)7-5-11/h4-8,10,14H,2-3,9H2,1H3,(H,19,22). The van der Waals surface area contributed by atoms with E-state index < -0.39 is 5.97 Å². The lowest BCUT2D eigenvalue weighted by Gasteiger charge is -2.25. The first kappa shape index (κ1) is 16.8. The molecule has 126 valence electrons. The highest BCUT2D eigenvalue weighted by molar-refractivity contribution is 7.12. The maximum Gasteiger partial charge on any atom is 0.350 e. The Kier molecular flexibility index (Phi) is 5.06. The number of urea groups is 1. The zero-order valence-corrected chi connectivity index (χ0v) is 14.7. The van der Waals surface area contributed by atoms with Crippen LogP contribution in [0.25, 0.3) is 0 Å². The van der Waals surface area contributed by atoms with Crippen LogP contribution in [0.1, 0.15) is 34.1 Å². The summed E-state index contributed by atoms with van der Waals surface area (Å²) in [4.78, 5) is 26.6. The van der Waals surface area contributed by atoms with Gasteiger partial charge < -0.3 is 15.0 Å². The van der Waals surface area contributed by atoms with Crippen molar-refractivity contribution in [2.45, 2.75) is 18.9 Å². The lowest BCUT2D eigenvalue weighted by Crippen LogP contribution is -2.34. The number of amides is 2. The number of thiophene rings is 1. The third kappa shape index (κ3) is 3.39. The smallest absolute Gasteiger partial charge is 0.350 e. The van der Waals surface area contributed by atoms with Crippen molar-refractivity contribution in [1.82, 2.24) is 4.90 Å². The first-order valence-electron chi connectivity index (χ1n) is 7.59. The number of hydrogen-bond acceptors (Lipinski definition) is 4. The van der Waals surface area contributed by atoms with E-state index >= 15 is 0 Å². The third-order valence-corrected chi connectivity index (χ3v) is 5.19. The normalized spacial score (nSPS) is 16.9. The van der Waals surface area contributed by atoms with Crippen molar-refractivity contribution in [1.29, 1.82) is 0 Å². The maximum absolute atomic E-state index is 12.7. The van der Waals surface area contributed by atoms with Crippen LogP contribution in [0.4, 0.5) is 10.5 Å². The summed E-state index contributed by atoms with van der Waals surface area (Å²) in [6, 6.07) is 9.08. The molecule has 0 bridgehead atoms. The highest BCUT2D eigenvalue weighted by Gasteiger charge is 2.30. The van der Waals surface area contributed by atoms with Gasteiger partial charge >= 0.3 is 12.0 Å². The van der Waals surface area contributed by atoms with E-state index in [1.807, 2.05) is 24.3 Å². The molecule has 1 atom stereocenters. The van der Waals surface area contributed by atoms with Crippen molar-refractivity contribution in [2.75, 3.05) is 19.0 Å². The van der Waals surface area contributed by atoms with E-state index in [4.69, 9.17) is 16.3 Å². The first-order chi connectivity index (χ1) is 11.6. The van der Waals surface area contributed by atoms with Crippen molar-refractivity contribution in [3.63, 3.8) is 0 Å². The minimum absolute atomic E-state index is 0.0162. The third-order valence-electron chi connectivity index (χ3n) is 4.05. The molecule has 1 aromatic heterocycles. The van der Waals surface area contributed by atoms with Gasteiger partial charge in [0, 0.05) is 11.6 Å². The van der Waals surface area contributed by atoms with Crippen molar-refractivity contribution in [3.05, 3.63) is 51.2 Å². The minimum atomic E-state index is -0.448. The Balaban J connectivity index is 1.76. The molecule has 3 rings (SSSR count). The quantitative estimate of drug-likeness (QED) is 0.812. The highest BCUT2D eigenvalue weighted by atomic mass is 35.5. The van der Waals surface area contributed by atoms with Gasteiger partial charge in [-0.25, -0.2) is 9.59 Å². The molecule has 1 saturated heterocycles. The molecule has 1 fully saturated rings. The maximum atomic E-state index is 12.7. The van der Waals surface area contributed by atoms with Gasteiger partial charge in [-0.05, 0) is 42.0 Å². The molecule has 0 aliphatic carbocycles. The second-order valence-electron chi connectivity index (χ2n) is 5.49. The summed E-state index contributed by atoms with van der Waals surface area (Å²) >= 11 is 7.18. The molecule has 1 aromatic carbocycles. The van der Waals surface area contributed by atoms with Gasteiger partial charge in [0.2, 0.25) is 0 Å². The zero-order chi connectivity index (χ0) is 17.1. The van der Waals surface area contributed by atoms with Crippen LogP contribution in [0, 0.1) is 0 Å². The first-order valence-corrected chi connectivity index (χ1v) is 8.85. The molecule has 0 radical (unpaired) electrons. The Morgan fingerprint density at radius 1 is 1.29 bits per heavy atom. The van der Waals surface area contributed by atoms with Crippen LogP contribution in [0.2, 0.25) is 5.02 Å². The van der Waals surface area contributed by atoms with Gasteiger partial charge in [-0.15, -0.1) is 11.3 Å². The van der Waals surface area contributed by atoms with Gasteiger partial charge in [-0.3, -0.25) is 0 Å². The minimum Gasteiger partial charge on any atom is -0.465 e. The van der Waals surface area contributed by atoms with E-state index in [2.05, 4.69) is 5.32 Å². The van der Waals surface area contributed by atoms with E-state index in [-0.39, 0.29) is 12.1 Å². The van der Waals surface area contributed by atoms with Gasteiger partial charge in [0.05, 0.1) is 18.8 Å². The summed E-state index contributed by atoms with van der Waals surface area (Å²) in [5, 5.41) is 5.26. The molecule has 2 amide bonds. The van der Waals surface area contributed by atoms with Crippen LogP contribution in [0.5, 0.6) is 0 Å². The number of carbonyl (C=O) groups excluding carboxylic acids is 2. The number of esters is 1. The van der Waals surface area contributed by atoms with Crippen LogP contribution in [0.3, 0.4) is 0 Å². The summed E-state index contributed by atoms with van der Waals surface area (Å²) in [6.07, 6.45) is 1.84. The fourth-order valence-corrected chi connectivity index (χ4v) is 3.78. The average molecular weight is 365 g/mol. The van der Waals surface area contributed by atoms with Crippen molar-refractivity contribution in [2.24, 2.45) is 0 Å². The molecule has 0 saturated carbocycles. The predicted octanol–water partition coefficient (Wildman–Crippen LogP) is 4.56. The molecule has 1 N–H and O–H groups in total. The van der Waals surface area contributed by atoms with Gasteiger partial charge in [-0.1, -0.05) is 23.7 Å². The molecule has 1 unspecified atom stereocenters. The average Bonchev–Trinajstić information content (AvgIpc) is 3.24. The Hall–Kier alpha value is -2.05. The SMILES string of the molecule is COC(=O)c1sccc1NC(=O)N1CCCC1c1ccc(Cl)cc1. The molecular formula is C17H17ClN2O3S. The van der Waals surface area contributed by atoms with Crippen LogP contribution >= 0.6 is 22.9 Å². The van der Waals surface area contributed by atoms with Crippen LogP contribution in [0.15, 0.2) is 35.7 Å². The number of carbonyl (C=O) groups is 2. The van der Waals surface area contributed by atoms with E-state index in [1.165, 1.54) is 18.4 Å². The fourth-order valence-electron chi connectivity index (χ4n) is 2.89. The topological polar surface area (TPSA) is 58.6 Å². The molecular weight excluding hydrogens is 348 g/mol. The second-order valence-corrected chi connectivity index (χ2v) is 6.84. The van der Waals surface area contributed by atoms with Crippen molar-refractivity contribution in [3.8, 4) is 0 Å². The summed E-state index contributed by atoms with van der Waals surface area (Å²) in [6.45, 7) is 0.677. The van der Waals surface area contributed by atoms with E-state index in [9.17, 15) is 9.59 Å². The van der Waals surface area contributed by atoms with Gasteiger partial charge in [-0.2, -0.15) is 0 Å². The summed E-state index contributed by atoms with van der Waals surface area (Å²) in [5.74, 6) is -0.448. The molecule has 5 nitrogen and oxygen atoms in total. The second kappa shape index (κ2) is 7.23. The van der Waals surface area contributed by atoms with Crippen molar-refractivity contribution < 1.29 is 14.3 Å². The summed E-state index contributed by atoms with van der Waals surface area (Å²) < 4.78 is 4.74. The number of likely N-dealkylation sites (tertiary alicyclic amines) is 1. The number of halogens is 1. The summed E-state index contributed by atoms with van der Waals surface area (Å²) in [5.41, 5.74) is 1.55. The Bertz CT molecular complexity index is 745. The lowest BCUT2D eigenvalue weighted by molar-refractivity contribution is 0.0607. The Morgan fingerprint density at radius 3 is 2.75 bits per heavy atom. The summed E-state index contributed by atoms with van der Waals surface area (Å²) in [7, 11) is 1.32. The molecule has 1 aliphatic heterocycles. The highest BCUT2D eigenvalue weighted by Crippen LogP contribution is 2.33. The molecule has 7 heteroatoms. The van der Waals surface area contributed by atoms with Crippen LogP contribution in [-0.4, -0.2) is 30.6 Å². The predicted molar refractivity (Wildman–Crippen MR) is 94.8 cm³/mol. The molecule has 2 aromatic rings. The molecule has 24 heavy (non-hydrogen) atoms. The zero-order valence-electron chi connectivity index (χ0n) is 13.1. The van der Waals surface area contributed by atoms with E-state index in [1.54, 1.807) is 16.3 Å². The number of anilines is 1. The molecule has 0 spiro atoms. The monoisotopic (exact) mass is 364 g/mol. The number of hydrogen-bond donors (Lipinski definition) is 1. The number of nitrogens with one attached hydrogen (secondary N) is 1. The molecule has 2 heterocycles. The van der Waals surface area contributed by atoms with Crippen molar-refractivity contribution >= 4 is 40.6 Å². The van der Waals surface area contributed by atoms with E-state index in [0.717, 1.165) is 18.4 Å². The fraction of sp³-hybridized carbons (Fsp3) is 0.294. The number of nitrogens with zero attached hydrogens (tertiary/aromatic N) is 1. The Labute approximate surface area is 149 Å². The largest absolute Gasteiger partial charge is 0.465 e. The number of methoxy groups -OCH3 is 1. The van der Waals surface area contributed by atoms with Gasteiger partial charge in [0.25, 0.3) is 0 Å². The Morgan fingerprint density at radius 2 is 2.04 bits per heavy atom. The number of rotatable bonds is 3.